The molecule has 0 spiro atoms. The third-order valence-corrected chi connectivity index (χ3v) is 6.68. The molecule has 0 unspecified atom stereocenters. The van der Waals surface area contributed by atoms with E-state index >= 15 is 0 Å². The van der Waals surface area contributed by atoms with Crippen LogP contribution in [0.5, 0.6) is 5.75 Å². The van der Waals surface area contributed by atoms with Crippen molar-refractivity contribution in [2.45, 2.75) is 19.3 Å². The molecule has 3 aromatic carbocycles. The molecule has 4 aromatic rings. The van der Waals surface area contributed by atoms with Crippen LogP contribution in [-0.2, 0) is 24.1 Å². The number of aryl methyl sites for hydroxylation is 2. The van der Waals surface area contributed by atoms with Gasteiger partial charge in [0, 0.05) is 9.13 Å². The normalized spacial score (nSPS) is 12.2. The van der Waals surface area contributed by atoms with Crippen LogP contribution in [0.2, 0.25) is 0 Å². The molecule has 1 amide bonds. The van der Waals surface area contributed by atoms with E-state index in [-0.39, 0.29) is 12.3 Å². The van der Waals surface area contributed by atoms with Gasteiger partial charge in [0.1, 0.15) is 11.4 Å². The minimum absolute atomic E-state index is 0.115. The molecule has 0 fully saturated rings. The van der Waals surface area contributed by atoms with Gasteiger partial charge in [-0.2, -0.15) is 0 Å². The minimum Gasteiger partial charge on any atom is -0.497 e. The topological polar surface area (TPSA) is 64.1 Å². The molecule has 0 atom stereocenters. The van der Waals surface area contributed by atoms with E-state index in [1.54, 1.807) is 7.11 Å². The van der Waals surface area contributed by atoms with Crippen LogP contribution in [0.15, 0.2) is 72.8 Å². The predicted octanol–water partition coefficient (Wildman–Crippen LogP) is 6.21. The Bertz CT molecular complexity index is 1400. The highest BCUT2D eigenvalue weighted by Crippen LogP contribution is 2.35. The molecule has 174 valence electrons. The highest BCUT2D eigenvalue weighted by molar-refractivity contribution is 14.1. The van der Waals surface area contributed by atoms with Gasteiger partial charge in [0.15, 0.2) is 5.82 Å². The fourth-order valence-corrected chi connectivity index (χ4v) is 4.53. The highest BCUT2D eigenvalue weighted by Gasteiger charge is 2.22. The van der Waals surface area contributed by atoms with Gasteiger partial charge >= 0.3 is 0 Å². The SMILES string of the molecule is COc1ccc2c(c1)CCc1nc(NC(=O)Cc3ccc(I)cc3)c(/C=C/c3ccccc3)nc1-2. The van der Waals surface area contributed by atoms with Crippen LogP contribution in [-0.4, -0.2) is 23.0 Å². The molecule has 6 heteroatoms. The van der Waals surface area contributed by atoms with Crippen molar-refractivity contribution >= 4 is 46.5 Å². The predicted molar refractivity (Wildman–Crippen MR) is 148 cm³/mol. The molecule has 1 N–H and O–H groups in total. The van der Waals surface area contributed by atoms with Gasteiger partial charge in [-0.25, -0.2) is 9.97 Å². The molecule has 5 nitrogen and oxygen atoms in total. The fourth-order valence-electron chi connectivity index (χ4n) is 4.17. The number of anilines is 1. The van der Waals surface area contributed by atoms with Crippen molar-refractivity contribution in [1.82, 2.24) is 9.97 Å². The van der Waals surface area contributed by atoms with Gasteiger partial charge in [0.2, 0.25) is 5.91 Å². The molecule has 5 rings (SSSR count). The Labute approximate surface area is 218 Å². The number of amides is 1. The Morgan fingerprint density at radius 3 is 2.57 bits per heavy atom. The zero-order chi connectivity index (χ0) is 24.2. The van der Waals surface area contributed by atoms with Crippen LogP contribution in [0.25, 0.3) is 23.4 Å². The lowest BCUT2D eigenvalue weighted by Crippen LogP contribution is -2.19. The molecule has 1 aliphatic carbocycles. The first-order valence-electron chi connectivity index (χ1n) is 11.4. The maximum atomic E-state index is 12.9. The number of nitrogens with zero attached hydrogens (tertiary/aromatic N) is 2. The molecule has 0 radical (unpaired) electrons. The summed E-state index contributed by atoms with van der Waals surface area (Å²) in [4.78, 5) is 22.8. The number of nitrogens with one attached hydrogen (secondary N) is 1. The molecular weight excluding hydrogens is 549 g/mol. The second-order valence-electron chi connectivity index (χ2n) is 8.37. The third kappa shape index (κ3) is 5.43. The summed E-state index contributed by atoms with van der Waals surface area (Å²) in [5, 5.41) is 3.02. The van der Waals surface area contributed by atoms with Gasteiger partial charge in [-0.15, -0.1) is 0 Å². The largest absolute Gasteiger partial charge is 0.497 e. The number of fused-ring (bicyclic) bond motifs is 3. The summed E-state index contributed by atoms with van der Waals surface area (Å²) >= 11 is 2.26. The van der Waals surface area contributed by atoms with Crippen LogP contribution in [0.1, 0.15) is 28.1 Å². The van der Waals surface area contributed by atoms with E-state index in [4.69, 9.17) is 14.7 Å². The molecule has 0 bridgehead atoms. The second kappa shape index (κ2) is 10.4. The van der Waals surface area contributed by atoms with Gasteiger partial charge in [0.25, 0.3) is 0 Å². The van der Waals surface area contributed by atoms with E-state index in [2.05, 4.69) is 34.0 Å². The first-order chi connectivity index (χ1) is 17.1. The second-order valence-corrected chi connectivity index (χ2v) is 9.62. The number of hydrogen-bond donors (Lipinski definition) is 1. The Morgan fingerprint density at radius 1 is 1.00 bits per heavy atom. The maximum absolute atomic E-state index is 12.9. The molecule has 1 aromatic heterocycles. The van der Waals surface area contributed by atoms with E-state index in [0.29, 0.717) is 11.5 Å². The Hall–Kier alpha value is -3.52. The van der Waals surface area contributed by atoms with Gasteiger partial charge in [-0.3, -0.25) is 4.79 Å². The molecule has 0 saturated heterocycles. The van der Waals surface area contributed by atoms with E-state index in [1.807, 2.05) is 78.9 Å². The fraction of sp³-hybridized carbons (Fsp3) is 0.138. The minimum atomic E-state index is -0.115. The van der Waals surface area contributed by atoms with Crippen LogP contribution in [0.3, 0.4) is 0 Å². The summed E-state index contributed by atoms with van der Waals surface area (Å²) in [6.07, 6.45) is 5.79. The van der Waals surface area contributed by atoms with Crippen molar-refractivity contribution in [1.29, 1.82) is 0 Å². The number of halogens is 1. The monoisotopic (exact) mass is 573 g/mol. The van der Waals surface area contributed by atoms with E-state index in [1.165, 1.54) is 5.56 Å². The van der Waals surface area contributed by atoms with Crippen molar-refractivity contribution in [3.05, 3.63) is 104 Å². The summed E-state index contributed by atoms with van der Waals surface area (Å²) in [5.41, 5.74) is 6.64. The van der Waals surface area contributed by atoms with Gasteiger partial charge < -0.3 is 10.1 Å². The van der Waals surface area contributed by atoms with Gasteiger partial charge in [0.05, 0.1) is 24.9 Å². The molecular formula is C29H24IN3O2. The third-order valence-electron chi connectivity index (χ3n) is 5.96. The van der Waals surface area contributed by atoms with Crippen molar-refractivity contribution in [3.8, 4) is 17.0 Å². The average molecular weight is 573 g/mol. The van der Waals surface area contributed by atoms with Crippen molar-refractivity contribution in [2.75, 3.05) is 12.4 Å². The number of benzene rings is 3. The standard InChI is InChI=1S/C29H24IN3O2/c1-35-23-13-14-24-21(18-23)10-16-25-28(24)31-26(15-9-19-5-3-2-4-6-19)29(32-25)33-27(34)17-20-7-11-22(30)12-8-20/h2-9,11-15,18H,10,16-17H2,1H3,(H,32,33,34)/b15-9+. The van der Waals surface area contributed by atoms with Crippen LogP contribution < -0.4 is 10.1 Å². The maximum Gasteiger partial charge on any atom is 0.230 e. The quantitative estimate of drug-likeness (QED) is 0.279. The number of methoxy groups -OCH3 is 1. The summed E-state index contributed by atoms with van der Waals surface area (Å²) < 4.78 is 6.54. The van der Waals surface area contributed by atoms with Gasteiger partial charge in [-0.05, 0) is 88.5 Å². The molecule has 35 heavy (non-hydrogen) atoms. The summed E-state index contributed by atoms with van der Waals surface area (Å²) in [6, 6.07) is 24.0. The lowest BCUT2D eigenvalue weighted by molar-refractivity contribution is -0.115. The van der Waals surface area contributed by atoms with Crippen molar-refractivity contribution < 1.29 is 9.53 Å². The van der Waals surface area contributed by atoms with Crippen molar-refractivity contribution in [2.24, 2.45) is 0 Å². The van der Waals surface area contributed by atoms with E-state index in [0.717, 1.165) is 50.2 Å². The Balaban J connectivity index is 1.50. The summed E-state index contributed by atoms with van der Waals surface area (Å²) in [5.74, 6) is 1.21. The zero-order valence-corrected chi connectivity index (χ0v) is 21.5. The number of carbonyl (C=O) groups is 1. The Morgan fingerprint density at radius 2 is 1.80 bits per heavy atom. The molecule has 1 heterocycles. The lowest BCUT2D eigenvalue weighted by Gasteiger charge is -2.21. The Kier molecular flexibility index (Phi) is 6.90. The molecule has 0 saturated carbocycles. The van der Waals surface area contributed by atoms with E-state index < -0.39 is 0 Å². The number of ether oxygens (including phenoxy) is 1. The van der Waals surface area contributed by atoms with Gasteiger partial charge in [-0.1, -0.05) is 48.5 Å². The molecule has 1 aliphatic rings. The van der Waals surface area contributed by atoms with Crippen LogP contribution in [0.4, 0.5) is 5.82 Å². The zero-order valence-electron chi connectivity index (χ0n) is 19.3. The van der Waals surface area contributed by atoms with Crippen LogP contribution in [0, 0.1) is 3.57 Å². The molecule has 0 aliphatic heterocycles. The number of aromatic nitrogens is 2. The lowest BCUT2D eigenvalue weighted by atomic mass is 9.91. The first-order valence-corrected chi connectivity index (χ1v) is 12.5. The average Bonchev–Trinajstić information content (AvgIpc) is 2.89. The number of rotatable bonds is 6. The number of carbonyl (C=O) groups excluding carboxylic acids is 1. The van der Waals surface area contributed by atoms with Crippen LogP contribution >= 0.6 is 22.6 Å². The van der Waals surface area contributed by atoms with E-state index in [9.17, 15) is 4.79 Å². The number of hydrogen-bond acceptors (Lipinski definition) is 4. The summed E-state index contributed by atoms with van der Waals surface area (Å²) in [7, 11) is 1.68. The smallest absolute Gasteiger partial charge is 0.230 e. The summed E-state index contributed by atoms with van der Waals surface area (Å²) in [6.45, 7) is 0. The first kappa shape index (κ1) is 23.2. The highest BCUT2D eigenvalue weighted by atomic mass is 127. The van der Waals surface area contributed by atoms with Crippen molar-refractivity contribution in [3.63, 3.8) is 0 Å².